The average Bonchev–Trinajstić information content (AvgIpc) is 3.28. The zero-order valence-corrected chi connectivity index (χ0v) is 17.4. The third-order valence-electron chi connectivity index (χ3n) is 5.90. The Balaban J connectivity index is 1.33. The van der Waals surface area contributed by atoms with Crippen LogP contribution in [0.1, 0.15) is 18.4 Å². The molecule has 9 heteroatoms. The Labute approximate surface area is 185 Å². The first-order valence-corrected chi connectivity index (χ1v) is 10.6. The Kier molecular flexibility index (Phi) is 5.45. The van der Waals surface area contributed by atoms with Gasteiger partial charge in [0, 0.05) is 24.8 Å². The van der Waals surface area contributed by atoms with Crippen LogP contribution in [0.25, 0.3) is 0 Å². The molecule has 5 rings (SSSR count). The number of piperidine rings is 1. The highest BCUT2D eigenvalue weighted by molar-refractivity contribution is 5.75. The highest BCUT2D eigenvalue weighted by Gasteiger charge is 2.30. The standard InChI is InChI=1S/C23H23N5O4/c29-28(30)21-22(26-18-6-7-19-20(13-18)32-15-31-19)24-14-25-23(21)27-10-8-17(9-11-27)12-16-4-2-1-3-5-16/h1-7,13-14,17H,8-12,15H2,(H,24,25,26). The molecule has 9 nitrogen and oxygen atoms in total. The summed E-state index contributed by atoms with van der Waals surface area (Å²) in [6, 6.07) is 15.7. The highest BCUT2D eigenvalue weighted by Crippen LogP contribution is 2.38. The van der Waals surface area contributed by atoms with E-state index in [4.69, 9.17) is 9.47 Å². The van der Waals surface area contributed by atoms with E-state index in [1.54, 1.807) is 18.2 Å². The summed E-state index contributed by atoms with van der Waals surface area (Å²) in [5, 5.41) is 15.0. The second kappa shape index (κ2) is 8.70. The lowest BCUT2D eigenvalue weighted by Gasteiger charge is -2.32. The molecule has 2 aliphatic rings. The van der Waals surface area contributed by atoms with Crippen LogP contribution in [0.5, 0.6) is 11.5 Å². The number of nitro groups is 1. The Morgan fingerprint density at radius 2 is 1.84 bits per heavy atom. The Morgan fingerprint density at radius 3 is 2.62 bits per heavy atom. The summed E-state index contributed by atoms with van der Waals surface area (Å²) in [6.45, 7) is 1.61. The van der Waals surface area contributed by atoms with Crippen LogP contribution in [0.4, 0.5) is 23.0 Å². The van der Waals surface area contributed by atoms with Gasteiger partial charge in [0.2, 0.25) is 18.4 Å². The maximum Gasteiger partial charge on any atom is 0.353 e. The minimum absolute atomic E-state index is 0.119. The quantitative estimate of drug-likeness (QED) is 0.453. The van der Waals surface area contributed by atoms with Gasteiger partial charge in [-0.2, -0.15) is 0 Å². The number of anilines is 3. The SMILES string of the molecule is O=[N+]([O-])c1c(Nc2ccc3c(c2)OCO3)ncnc1N1CCC(Cc2ccccc2)CC1. The molecule has 2 aromatic carbocycles. The van der Waals surface area contributed by atoms with Crippen LogP contribution in [0.2, 0.25) is 0 Å². The van der Waals surface area contributed by atoms with Gasteiger partial charge in [0.25, 0.3) is 0 Å². The molecule has 1 fully saturated rings. The van der Waals surface area contributed by atoms with Gasteiger partial charge in [0.1, 0.15) is 6.33 Å². The first-order valence-electron chi connectivity index (χ1n) is 10.6. The molecule has 3 heterocycles. The molecule has 1 saturated heterocycles. The Hall–Kier alpha value is -3.88. The number of nitrogens with zero attached hydrogens (tertiary/aromatic N) is 4. The summed E-state index contributed by atoms with van der Waals surface area (Å²) in [4.78, 5) is 22.0. The van der Waals surface area contributed by atoms with E-state index in [0.717, 1.165) is 32.4 Å². The van der Waals surface area contributed by atoms with Gasteiger partial charge < -0.3 is 19.7 Å². The van der Waals surface area contributed by atoms with E-state index in [1.807, 2.05) is 11.0 Å². The fourth-order valence-corrected chi connectivity index (χ4v) is 4.27. The molecule has 3 aromatic rings. The topological polar surface area (TPSA) is 103 Å². The second-order valence-corrected chi connectivity index (χ2v) is 7.96. The molecule has 0 bridgehead atoms. The van der Waals surface area contributed by atoms with Crippen LogP contribution in [-0.4, -0.2) is 34.8 Å². The second-order valence-electron chi connectivity index (χ2n) is 7.96. The van der Waals surface area contributed by atoms with E-state index in [-0.39, 0.29) is 18.3 Å². The molecular weight excluding hydrogens is 410 g/mol. The summed E-state index contributed by atoms with van der Waals surface area (Å²) in [6.07, 6.45) is 4.31. The maximum absolute atomic E-state index is 12.0. The van der Waals surface area contributed by atoms with Gasteiger partial charge in [0.15, 0.2) is 11.5 Å². The molecule has 1 aromatic heterocycles. The van der Waals surface area contributed by atoms with Crippen molar-refractivity contribution in [3.63, 3.8) is 0 Å². The zero-order valence-electron chi connectivity index (χ0n) is 17.4. The van der Waals surface area contributed by atoms with Crippen LogP contribution in [0.15, 0.2) is 54.9 Å². The molecular formula is C23H23N5O4. The van der Waals surface area contributed by atoms with Gasteiger partial charge in [-0.15, -0.1) is 0 Å². The zero-order chi connectivity index (χ0) is 21.9. The van der Waals surface area contributed by atoms with Crippen molar-refractivity contribution in [3.8, 4) is 11.5 Å². The van der Waals surface area contributed by atoms with Crippen LogP contribution in [-0.2, 0) is 6.42 Å². The van der Waals surface area contributed by atoms with E-state index < -0.39 is 4.92 Å². The van der Waals surface area contributed by atoms with Crippen molar-refractivity contribution in [1.82, 2.24) is 9.97 Å². The van der Waals surface area contributed by atoms with E-state index in [0.29, 0.717) is 28.9 Å². The molecule has 0 spiro atoms. The minimum Gasteiger partial charge on any atom is -0.454 e. The average molecular weight is 433 g/mol. The van der Waals surface area contributed by atoms with Crippen molar-refractivity contribution in [2.75, 3.05) is 30.1 Å². The lowest BCUT2D eigenvalue weighted by molar-refractivity contribution is -0.383. The fraction of sp³-hybridized carbons (Fsp3) is 0.304. The smallest absolute Gasteiger partial charge is 0.353 e. The lowest BCUT2D eigenvalue weighted by Crippen LogP contribution is -2.35. The maximum atomic E-state index is 12.0. The van der Waals surface area contributed by atoms with Crippen LogP contribution < -0.4 is 19.7 Å². The number of benzene rings is 2. The first kappa shape index (κ1) is 20.0. The van der Waals surface area contributed by atoms with Gasteiger partial charge in [-0.1, -0.05) is 30.3 Å². The Morgan fingerprint density at radius 1 is 1.06 bits per heavy atom. The van der Waals surface area contributed by atoms with Crippen molar-refractivity contribution in [2.24, 2.45) is 5.92 Å². The third kappa shape index (κ3) is 4.14. The summed E-state index contributed by atoms with van der Waals surface area (Å²) in [5.74, 6) is 2.30. The van der Waals surface area contributed by atoms with Crippen LogP contribution >= 0.6 is 0 Å². The number of rotatable bonds is 6. The number of hydrogen-bond donors (Lipinski definition) is 1. The summed E-state index contributed by atoms with van der Waals surface area (Å²) >= 11 is 0. The van der Waals surface area contributed by atoms with Gasteiger partial charge in [-0.25, -0.2) is 9.97 Å². The van der Waals surface area contributed by atoms with E-state index in [9.17, 15) is 10.1 Å². The van der Waals surface area contributed by atoms with Gasteiger partial charge in [-0.05, 0) is 42.9 Å². The highest BCUT2D eigenvalue weighted by atomic mass is 16.7. The monoisotopic (exact) mass is 433 g/mol. The molecule has 0 atom stereocenters. The number of fused-ring (bicyclic) bond motifs is 1. The predicted molar refractivity (Wildman–Crippen MR) is 120 cm³/mol. The molecule has 32 heavy (non-hydrogen) atoms. The van der Waals surface area contributed by atoms with E-state index in [2.05, 4.69) is 39.6 Å². The van der Waals surface area contributed by atoms with Gasteiger partial charge in [0.05, 0.1) is 4.92 Å². The number of nitrogens with one attached hydrogen (secondary N) is 1. The molecule has 164 valence electrons. The van der Waals surface area contributed by atoms with E-state index >= 15 is 0 Å². The summed E-state index contributed by atoms with van der Waals surface area (Å²) in [5.41, 5.74) is 1.84. The van der Waals surface area contributed by atoms with E-state index in [1.165, 1.54) is 11.9 Å². The molecule has 1 N–H and O–H groups in total. The lowest BCUT2D eigenvalue weighted by atomic mass is 9.90. The van der Waals surface area contributed by atoms with Crippen molar-refractivity contribution in [2.45, 2.75) is 19.3 Å². The number of aromatic nitrogens is 2. The third-order valence-corrected chi connectivity index (χ3v) is 5.90. The largest absolute Gasteiger partial charge is 0.454 e. The predicted octanol–water partition coefficient (Wildman–Crippen LogP) is 4.32. The van der Waals surface area contributed by atoms with Crippen molar-refractivity contribution in [3.05, 3.63) is 70.5 Å². The van der Waals surface area contributed by atoms with Crippen LogP contribution in [0, 0.1) is 16.0 Å². The van der Waals surface area contributed by atoms with Crippen LogP contribution in [0.3, 0.4) is 0 Å². The first-order chi connectivity index (χ1) is 15.7. The molecule has 0 radical (unpaired) electrons. The summed E-state index contributed by atoms with van der Waals surface area (Å²) < 4.78 is 10.7. The molecule has 0 unspecified atom stereocenters. The van der Waals surface area contributed by atoms with Crippen molar-refractivity contribution < 1.29 is 14.4 Å². The Bertz CT molecular complexity index is 1120. The minimum atomic E-state index is -0.416. The van der Waals surface area contributed by atoms with Crippen molar-refractivity contribution in [1.29, 1.82) is 0 Å². The van der Waals surface area contributed by atoms with Crippen molar-refractivity contribution >= 4 is 23.0 Å². The van der Waals surface area contributed by atoms with Gasteiger partial charge in [-0.3, -0.25) is 10.1 Å². The van der Waals surface area contributed by atoms with Gasteiger partial charge >= 0.3 is 5.69 Å². The fourth-order valence-electron chi connectivity index (χ4n) is 4.27. The molecule has 0 saturated carbocycles. The number of hydrogen-bond acceptors (Lipinski definition) is 8. The number of ether oxygens (including phenoxy) is 2. The molecule has 0 amide bonds. The molecule has 0 aliphatic carbocycles. The normalized spacial score (nSPS) is 15.6. The molecule has 2 aliphatic heterocycles. The summed E-state index contributed by atoms with van der Waals surface area (Å²) in [7, 11) is 0.